The number of carbonyl (C=O) groups is 2. The van der Waals surface area contributed by atoms with Gasteiger partial charge in [0, 0.05) is 34.5 Å². The summed E-state index contributed by atoms with van der Waals surface area (Å²) in [6.45, 7) is 1.86. The first-order chi connectivity index (χ1) is 16.0. The molecule has 0 bridgehead atoms. The molecule has 1 heterocycles. The number of hydrogen-bond acceptors (Lipinski definition) is 6. The number of Topliss-reactive ketones (excluding diaryl/α,β-unsaturated/α-hetero) is 1. The first-order valence-corrected chi connectivity index (χ1v) is 10.9. The highest BCUT2D eigenvalue weighted by molar-refractivity contribution is 6.10. The van der Waals surface area contributed by atoms with Gasteiger partial charge < -0.3 is 24.8 Å². The lowest BCUT2D eigenvalue weighted by Gasteiger charge is -2.35. The highest BCUT2D eigenvalue weighted by Gasteiger charge is 2.40. The first kappa shape index (κ1) is 22.5. The van der Waals surface area contributed by atoms with Gasteiger partial charge in [0.25, 0.3) is 5.91 Å². The topological polar surface area (TPSA) is 85.9 Å². The molecule has 2 aromatic rings. The highest BCUT2D eigenvalue weighted by atomic mass is 16.5. The average molecular weight is 449 g/mol. The number of hydrogen-bond donors (Lipinski definition) is 2. The Bertz CT molecular complexity index is 1170. The lowest BCUT2D eigenvalue weighted by atomic mass is 9.74. The van der Waals surface area contributed by atoms with Gasteiger partial charge in [0.2, 0.25) is 0 Å². The van der Waals surface area contributed by atoms with E-state index in [1.165, 1.54) is 0 Å². The van der Waals surface area contributed by atoms with Crippen molar-refractivity contribution < 1.29 is 23.8 Å². The molecule has 7 nitrogen and oxygen atoms in total. The summed E-state index contributed by atoms with van der Waals surface area (Å²) in [5.74, 6) is 0.893. The third-order valence-corrected chi connectivity index (χ3v) is 6.12. The van der Waals surface area contributed by atoms with Crippen molar-refractivity contribution in [2.24, 2.45) is 0 Å². The van der Waals surface area contributed by atoms with E-state index in [1.54, 1.807) is 45.6 Å². The zero-order valence-electron chi connectivity index (χ0n) is 19.3. The predicted octanol–water partition coefficient (Wildman–Crippen LogP) is 4.32. The van der Waals surface area contributed by atoms with Gasteiger partial charge in [-0.15, -0.1) is 0 Å². The molecule has 0 saturated carbocycles. The van der Waals surface area contributed by atoms with Crippen LogP contribution in [0.2, 0.25) is 0 Å². The van der Waals surface area contributed by atoms with Crippen molar-refractivity contribution in [2.75, 3.05) is 26.6 Å². The maximum absolute atomic E-state index is 13.7. The van der Waals surface area contributed by atoms with Gasteiger partial charge in [0.15, 0.2) is 5.78 Å². The smallest absolute Gasteiger partial charge is 0.254 e. The standard InChI is InChI=1S/C26H28N2O5/c1-15-23(26(30)28-18-8-5-6-11-22(18)33-4)24(25-19(27-15)9-7-10-20(25)29)17-14-16(31-2)12-13-21(17)32-3/h5-6,8,11-14,24,27H,7,9-10H2,1-4H3,(H,28,30)/t24-/m1/s1. The number of para-hydroxylation sites is 2. The minimum atomic E-state index is -0.589. The van der Waals surface area contributed by atoms with E-state index in [-0.39, 0.29) is 11.7 Å². The second-order valence-electron chi connectivity index (χ2n) is 8.03. The maximum Gasteiger partial charge on any atom is 0.254 e. The summed E-state index contributed by atoms with van der Waals surface area (Å²) in [4.78, 5) is 26.9. The van der Waals surface area contributed by atoms with Gasteiger partial charge in [-0.25, -0.2) is 0 Å². The van der Waals surface area contributed by atoms with E-state index < -0.39 is 5.92 Å². The number of allylic oxidation sites excluding steroid dienone is 3. The highest BCUT2D eigenvalue weighted by Crippen LogP contribution is 2.46. The number of amides is 1. The molecule has 1 amide bonds. The van der Waals surface area contributed by atoms with Crippen LogP contribution in [-0.2, 0) is 9.59 Å². The fourth-order valence-electron chi connectivity index (χ4n) is 4.60. The van der Waals surface area contributed by atoms with Crippen molar-refractivity contribution in [1.82, 2.24) is 5.32 Å². The minimum absolute atomic E-state index is 0.0358. The number of nitrogens with one attached hydrogen (secondary N) is 2. The van der Waals surface area contributed by atoms with Gasteiger partial charge in [0.05, 0.1) is 32.9 Å². The van der Waals surface area contributed by atoms with Gasteiger partial charge in [-0.1, -0.05) is 12.1 Å². The molecule has 0 spiro atoms. The van der Waals surface area contributed by atoms with E-state index in [0.29, 0.717) is 51.8 Å². The molecule has 2 aromatic carbocycles. The molecular weight excluding hydrogens is 420 g/mol. The zero-order chi connectivity index (χ0) is 23.5. The maximum atomic E-state index is 13.7. The molecule has 7 heteroatoms. The Kier molecular flexibility index (Phi) is 6.40. The number of dihydropyridines is 1. The largest absolute Gasteiger partial charge is 0.497 e. The average Bonchev–Trinajstić information content (AvgIpc) is 2.83. The van der Waals surface area contributed by atoms with Crippen LogP contribution in [0, 0.1) is 0 Å². The van der Waals surface area contributed by atoms with Crippen molar-refractivity contribution in [3.05, 3.63) is 70.6 Å². The third-order valence-electron chi connectivity index (χ3n) is 6.12. The molecule has 2 N–H and O–H groups in total. The molecular formula is C26H28N2O5. The lowest BCUT2D eigenvalue weighted by molar-refractivity contribution is -0.116. The Hall–Kier alpha value is -3.74. The van der Waals surface area contributed by atoms with Gasteiger partial charge in [0.1, 0.15) is 17.2 Å². The van der Waals surface area contributed by atoms with E-state index >= 15 is 0 Å². The van der Waals surface area contributed by atoms with Crippen molar-refractivity contribution in [2.45, 2.75) is 32.1 Å². The zero-order valence-corrected chi connectivity index (χ0v) is 19.3. The fourth-order valence-corrected chi connectivity index (χ4v) is 4.60. The number of carbonyl (C=O) groups excluding carboxylic acids is 2. The van der Waals surface area contributed by atoms with Gasteiger partial charge in [-0.2, -0.15) is 0 Å². The summed E-state index contributed by atoms with van der Waals surface area (Å²) in [7, 11) is 4.72. The molecule has 33 heavy (non-hydrogen) atoms. The third kappa shape index (κ3) is 4.18. The molecule has 172 valence electrons. The number of benzene rings is 2. The number of methoxy groups -OCH3 is 3. The molecule has 0 radical (unpaired) electrons. The fraction of sp³-hybridized carbons (Fsp3) is 0.308. The molecule has 0 fully saturated rings. The Morgan fingerprint density at radius 3 is 2.48 bits per heavy atom. The molecule has 2 aliphatic rings. The van der Waals surface area contributed by atoms with Crippen LogP contribution in [0.15, 0.2) is 65.0 Å². The van der Waals surface area contributed by atoms with Crippen LogP contribution < -0.4 is 24.8 Å². The molecule has 1 atom stereocenters. The summed E-state index contributed by atoms with van der Waals surface area (Å²) >= 11 is 0. The van der Waals surface area contributed by atoms with Crippen LogP contribution >= 0.6 is 0 Å². The summed E-state index contributed by atoms with van der Waals surface area (Å²) in [5.41, 5.74) is 3.91. The van der Waals surface area contributed by atoms with E-state index in [4.69, 9.17) is 14.2 Å². The second-order valence-corrected chi connectivity index (χ2v) is 8.03. The van der Waals surface area contributed by atoms with E-state index in [9.17, 15) is 9.59 Å². The molecule has 1 aliphatic carbocycles. The van der Waals surface area contributed by atoms with Gasteiger partial charge >= 0.3 is 0 Å². The van der Waals surface area contributed by atoms with E-state index in [0.717, 1.165) is 18.5 Å². The first-order valence-electron chi connectivity index (χ1n) is 10.9. The summed E-state index contributed by atoms with van der Waals surface area (Å²) in [6, 6.07) is 12.7. The number of anilines is 1. The summed E-state index contributed by atoms with van der Waals surface area (Å²) < 4.78 is 16.5. The normalized spacial score (nSPS) is 17.8. The molecule has 4 rings (SSSR count). The Balaban J connectivity index is 1.86. The predicted molar refractivity (Wildman–Crippen MR) is 126 cm³/mol. The van der Waals surface area contributed by atoms with Gasteiger partial charge in [-0.05, 0) is 50.1 Å². The van der Waals surface area contributed by atoms with E-state index in [1.807, 2.05) is 25.1 Å². The van der Waals surface area contributed by atoms with Crippen LogP contribution in [0.4, 0.5) is 5.69 Å². The Morgan fingerprint density at radius 1 is 1.00 bits per heavy atom. The number of ether oxygens (including phenoxy) is 3. The summed E-state index contributed by atoms with van der Waals surface area (Å²) in [6.07, 6.45) is 1.98. The number of ketones is 1. The molecule has 0 unspecified atom stereocenters. The van der Waals surface area contributed by atoms with Crippen molar-refractivity contribution in [3.63, 3.8) is 0 Å². The van der Waals surface area contributed by atoms with Gasteiger partial charge in [-0.3, -0.25) is 9.59 Å². The molecule has 0 saturated heterocycles. The minimum Gasteiger partial charge on any atom is -0.497 e. The van der Waals surface area contributed by atoms with Crippen molar-refractivity contribution in [1.29, 1.82) is 0 Å². The quantitative estimate of drug-likeness (QED) is 0.685. The van der Waals surface area contributed by atoms with Crippen LogP contribution in [0.5, 0.6) is 17.2 Å². The van der Waals surface area contributed by atoms with Crippen LogP contribution in [0.3, 0.4) is 0 Å². The number of rotatable bonds is 6. The molecule has 1 aliphatic heterocycles. The van der Waals surface area contributed by atoms with E-state index in [2.05, 4.69) is 10.6 Å². The SMILES string of the molecule is COc1ccc(OC)c([C@@H]2C(C(=O)Nc3ccccc3OC)=C(C)NC3=C2C(=O)CCC3)c1. The summed E-state index contributed by atoms with van der Waals surface area (Å²) in [5, 5.41) is 6.30. The van der Waals surface area contributed by atoms with Crippen LogP contribution in [0.25, 0.3) is 0 Å². The Labute approximate surface area is 193 Å². The second kappa shape index (κ2) is 9.40. The van der Waals surface area contributed by atoms with Crippen molar-refractivity contribution in [3.8, 4) is 17.2 Å². The van der Waals surface area contributed by atoms with Crippen LogP contribution in [0.1, 0.15) is 37.7 Å². The van der Waals surface area contributed by atoms with Crippen LogP contribution in [-0.4, -0.2) is 33.0 Å². The Morgan fingerprint density at radius 2 is 1.76 bits per heavy atom. The molecule has 0 aromatic heterocycles. The van der Waals surface area contributed by atoms with Crippen molar-refractivity contribution >= 4 is 17.4 Å². The monoisotopic (exact) mass is 448 g/mol. The lowest BCUT2D eigenvalue weighted by Crippen LogP contribution is -2.35.